The predicted molar refractivity (Wildman–Crippen MR) is 99.7 cm³/mol. The summed E-state index contributed by atoms with van der Waals surface area (Å²) in [6.45, 7) is 5.46. The Kier molecular flexibility index (Phi) is 4.91. The van der Waals surface area contributed by atoms with Gasteiger partial charge in [-0.05, 0) is 39.5 Å². The Bertz CT molecular complexity index is 938. The molecule has 0 N–H and O–H groups in total. The van der Waals surface area contributed by atoms with Crippen LogP contribution >= 0.6 is 12.2 Å². The number of aromatic nitrogens is 4. The molecule has 1 aliphatic heterocycles. The number of aryl methyl sites for hydroxylation is 2. The van der Waals surface area contributed by atoms with Gasteiger partial charge in [-0.3, -0.25) is 9.58 Å². The van der Waals surface area contributed by atoms with E-state index in [-0.39, 0.29) is 17.5 Å². The third kappa shape index (κ3) is 3.73. The van der Waals surface area contributed by atoms with E-state index in [1.54, 1.807) is 0 Å². The Hall–Kier alpha value is -1.45. The van der Waals surface area contributed by atoms with E-state index in [4.69, 9.17) is 12.2 Å². The van der Waals surface area contributed by atoms with Crippen molar-refractivity contribution in [3.8, 4) is 0 Å². The Morgan fingerprint density at radius 3 is 2.64 bits per heavy atom. The van der Waals surface area contributed by atoms with E-state index in [1.165, 1.54) is 0 Å². The molecule has 2 aromatic rings. The minimum absolute atomic E-state index is 0.0366. The number of hydrogen-bond acceptors (Lipinski definition) is 5. The van der Waals surface area contributed by atoms with Crippen molar-refractivity contribution in [1.29, 1.82) is 0 Å². The van der Waals surface area contributed by atoms with Crippen LogP contribution in [0.5, 0.6) is 0 Å². The molecule has 7 nitrogen and oxygen atoms in total. The zero-order valence-corrected chi connectivity index (χ0v) is 16.8. The monoisotopic (exact) mass is 383 g/mol. The van der Waals surface area contributed by atoms with Crippen LogP contribution in [0.15, 0.2) is 12.4 Å². The highest BCUT2D eigenvalue weighted by molar-refractivity contribution is 7.91. The minimum Gasteiger partial charge on any atom is -0.327 e. The third-order valence-corrected chi connectivity index (χ3v) is 7.14. The van der Waals surface area contributed by atoms with Gasteiger partial charge in [0.05, 0.1) is 29.9 Å². The topological polar surface area (TPSA) is 65.1 Å². The Morgan fingerprint density at radius 1 is 1.36 bits per heavy atom. The zero-order chi connectivity index (χ0) is 18.4. The smallest absolute Gasteiger partial charge is 0.180 e. The summed E-state index contributed by atoms with van der Waals surface area (Å²) in [5.41, 5.74) is 3.18. The summed E-state index contributed by atoms with van der Waals surface area (Å²) >= 11 is 5.39. The van der Waals surface area contributed by atoms with Gasteiger partial charge in [-0.25, -0.2) is 8.42 Å². The van der Waals surface area contributed by atoms with Gasteiger partial charge in [0.2, 0.25) is 0 Å². The first-order chi connectivity index (χ1) is 11.7. The fraction of sp³-hybridized carbons (Fsp3) is 0.625. The SMILES string of the molecule is Cc1nn([C@H]2CCS(=O)(=O)C2)c(C)c1CN(C)Cn1ccn(C)c1=S. The lowest BCUT2D eigenvalue weighted by Crippen LogP contribution is -2.22. The standard InChI is InChI=1S/C16H25N5O2S2/c1-12-15(9-18(3)11-20-7-6-19(4)16(20)24)13(2)21(17-12)14-5-8-25(22,23)10-14/h6-7,14H,5,8-11H2,1-4H3/t14-/m0/s1. The molecule has 1 saturated heterocycles. The maximum absolute atomic E-state index is 11.8. The lowest BCUT2D eigenvalue weighted by Gasteiger charge is -2.18. The summed E-state index contributed by atoms with van der Waals surface area (Å²) < 4.78 is 30.2. The van der Waals surface area contributed by atoms with E-state index in [2.05, 4.69) is 10.00 Å². The van der Waals surface area contributed by atoms with Crippen molar-refractivity contribution >= 4 is 22.1 Å². The molecule has 1 aliphatic rings. The molecule has 0 amide bonds. The van der Waals surface area contributed by atoms with Crippen molar-refractivity contribution in [2.75, 3.05) is 18.6 Å². The van der Waals surface area contributed by atoms with E-state index < -0.39 is 9.84 Å². The van der Waals surface area contributed by atoms with Gasteiger partial charge in [-0.2, -0.15) is 5.10 Å². The number of nitrogens with zero attached hydrogens (tertiary/aromatic N) is 5. The average molecular weight is 384 g/mol. The lowest BCUT2D eigenvalue weighted by molar-refractivity contribution is 0.257. The number of rotatable bonds is 5. The molecular formula is C16H25N5O2S2. The number of hydrogen-bond donors (Lipinski definition) is 0. The summed E-state index contributed by atoms with van der Waals surface area (Å²) in [7, 11) is 1.07. The van der Waals surface area contributed by atoms with Crippen LogP contribution in [0.1, 0.15) is 29.4 Å². The van der Waals surface area contributed by atoms with Crippen LogP contribution < -0.4 is 0 Å². The molecule has 9 heteroatoms. The molecular weight excluding hydrogens is 358 g/mol. The lowest BCUT2D eigenvalue weighted by atomic mass is 10.2. The molecule has 0 unspecified atom stereocenters. The van der Waals surface area contributed by atoms with Crippen molar-refractivity contribution < 1.29 is 8.42 Å². The number of imidazole rings is 1. The predicted octanol–water partition coefficient (Wildman–Crippen LogP) is 1.82. The summed E-state index contributed by atoms with van der Waals surface area (Å²) in [6.07, 6.45) is 4.58. The maximum Gasteiger partial charge on any atom is 0.180 e. The Balaban J connectivity index is 1.77. The zero-order valence-electron chi connectivity index (χ0n) is 15.1. The van der Waals surface area contributed by atoms with Crippen LogP contribution in [0, 0.1) is 18.6 Å². The second-order valence-electron chi connectivity index (χ2n) is 6.97. The average Bonchev–Trinajstić information content (AvgIpc) is 3.14. The Labute approximate surface area is 153 Å². The van der Waals surface area contributed by atoms with Gasteiger partial charge in [0.25, 0.3) is 0 Å². The molecule has 0 spiro atoms. The van der Waals surface area contributed by atoms with E-state index in [0.29, 0.717) is 13.1 Å². The molecule has 1 atom stereocenters. The summed E-state index contributed by atoms with van der Waals surface area (Å²) in [6, 6.07) is -0.0366. The molecule has 0 aromatic carbocycles. The highest BCUT2D eigenvalue weighted by Crippen LogP contribution is 2.27. The van der Waals surface area contributed by atoms with E-state index in [9.17, 15) is 8.42 Å². The van der Waals surface area contributed by atoms with Gasteiger partial charge >= 0.3 is 0 Å². The van der Waals surface area contributed by atoms with E-state index in [1.807, 2.05) is 54.2 Å². The van der Waals surface area contributed by atoms with Gasteiger partial charge in [-0.1, -0.05) is 0 Å². The third-order valence-electron chi connectivity index (χ3n) is 4.87. The molecule has 0 saturated carbocycles. The largest absolute Gasteiger partial charge is 0.327 e. The van der Waals surface area contributed by atoms with Crippen molar-refractivity contribution in [2.24, 2.45) is 7.05 Å². The first kappa shape index (κ1) is 18.3. The van der Waals surface area contributed by atoms with Crippen molar-refractivity contribution in [1.82, 2.24) is 23.8 Å². The molecule has 3 rings (SSSR count). The Morgan fingerprint density at radius 2 is 2.08 bits per heavy atom. The van der Waals surface area contributed by atoms with Gasteiger partial charge < -0.3 is 9.13 Å². The molecule has 138 valence electrons. The second-order valence-corrected chi connectivity index (χ2v) is 9.56. The first-order valence-electron chi connectivity index (χ1n) is 8.33. The fourth-order valence-electron chi connectivity index (χ4n) is 3.45. The molecule has 1 fully saturated rings. The van der Waals surface area contributed by atoms with Crippen LogP contribution in [-0.4, -0.2) is 50.8 Å². The van der Waals surface area contributed by atoms with E-state index >= 15 is 0 Å². The maximum atomic E-state index is 11.8. The van der Waals surface area contributed by atoms with Crippen molar-refractivity contribution in [2.45, 2.75) is 39.5 Å². The van der Waals surface area contributed by atoms with Gasteiger partial charge in [0, 0.05) is 37.2 Å². The van der Waals surface area contributed by atoms with Crippen LogP contribution in [-0.2, 0) is 30.1 Å². The fourth-order valence-corrected chi connectivity index (χ4v) is 5.32. The van der Waals surface area contributed by atoms with E-state index in [0.717, 1.165) is 28.3 Å². The van der Waals surface area contributed by atoms with Gasteiger partial charge in [0.15, 0.2) is 14.6 Å². The first-order valence-corrected chi connectivity index (χ1v) is 10.6. The van der Waals surface area contributed by atoms with Gasteiger partial charge in [0.1, 0.15) is 0 Å². The number of sulfone groups is 1. The van der Waals surface area contributed by atoms with Crippen molar-refractivity contribution in [3.63, 3.8) is 0 Å². The normalized spacial score (nSPS) is 19.8. The minimum atomic E-state index is -2.92. The van der Waals surface area contributed by atoms with Crippen LogP contribution in [0.3, 0.4) is 0 Å². The highest BCUT2D eigenvalue weighted by Gasteiger charge is 2.31. The molecule has 0 radical (unpaired) electrons. The second kappa shape index (κ2) is 6.69. The molecule has 0 bridgehead atoms. The summed E-state index contributed by atoms with van der Waals surface area (Å²) in [5, 5.41) is 4.63. The van der Waals surface area contributed by atoms with Crippen LogP contribution in [0.2, 0.25) is 0 Å². The summed E-state index contributed by atoms with van der Waals surface area (Å²) in [4.78, 5) is 2.18. The van der Waals surface area contributed by atoms with Crippen molar-refractivity contribution in [3.05, 3.63) is 34.1 Å². The quantitative estimate of drug-likeness (QED) is 0.737. The molecule has 25 heavy (non-hydrogen) atoms. The van der Waals surface area contributed by atoms with Gasteiger partial charge in [-0.15, -0.1) is 0 Å². The van der Waals surface area contributed by atoms with Crippen LogP contribution in [0.4, 0.5) is 0 Å². The highest BCUT2D eigenvalue weighted by atomic mass is 32.2. The summed E-state index contributed by atoms with van der Waals surface area (Å²) in [5.74, 6) is 0.459. The molecule has 2 aromatic heterocycles. The molecule has 0 aliphatic carbocycles. The molecule has 3 heterocycles. The van der Waals surface area contributed by atoms with Crippen LogP contribution in [0.25, 0.3) is 0 Å².